The van der Waals surface area contributed by atoms with E-state index in [1.165, 1.54) is 6.07 Å². The van der Waals surface area contributed by atoms with E-state index < -0.39 is 0 Å². The average Bonchev–Trinajstić information content (AvgIpc) is 2.85. The number of carbonyl (C=O) groups is 1. The van der Waals surface area contributed by atoms with Crippen molar-refractivity contribution in [3.63, 3.8) is 0 Å². The Kier molecular flexibility index (Phi) is 4.28. The van der Waals surface area contributed by atoms with E-state index in [4.69, 9.17) is 0 Å². The number of aryl methyl sites for hydroxylation is 1. The van der Waals surface area contributed by atoms with Gasteiger partial charge in [-0.25, -0.2) is 4.39 Å². The minimum absolute atomic E-state index is 0.201. The number of aromatic nitrogens is 1. The minimum Gasteiger partial charge on any atom is -0.341 e. The highest BCUT2D eigenvalue weighted by Gasteiger charge is 2.14. The van der Waals surface area contributed by atoms with Gasteiger partial charge in [0.1, 0.15) is 11.5 Å². The smallest absolute Gasteiger partial charge is 0.272 e. The summed E-state index contributed by atoms with van der Waals surface area (Å²) in [4.78, 5) is 12.3. The second kappa shape index (κ2) is 5.79. The second-order valence-electron chi connectivity index (χ2n) is 4.93. The van der Waals surface area contributed by atoms with Gasteiger partial charge in [0.05, 0.1) is 4.47 Å². The van der Waals surface area contributed by atoms with Crippen LogP contribution in [-0.2, 0) is 0 Å². The molecular weight excluding hydrogens is 323 g/mol. The van der Waals surface area contributed by atoms with Crippen LogP contribution in [0.15, 0.2) is 34.9 Å². The minimum atomic E-state index is -0.342. The number of nitrogens with one attached hydrogen (secondary N) is 1. The Balaban J connectivity index is 2.28. The quantitative estimate of drug-likeness (QED) is 0.876. The van der Waals surface area contributed by atoms with Crippen LogP contribution in [0.25, 0.3) is 0 Å². The van der Waals surface area contributed by atoms with Gasteiger partial charge in [0.25, 0.3) is 5.91 Å². The first-order valence-corrected chi connectivity index (χ1v) is 7.13. The first-order valence-electron chi connectivity index (χ1n) is 6.34. The van der Waals surface area contributed by atoms with E-state index in [1.54, 1.807) is 19.1 Å². The standard InChI is InChI=1S/C15H16BrFN2O/c1-9(2)19-6-4-5-14(19)15(20)18-13-8-11(16)12(17)7-10(13)3/h4-9H,1-3H3,(H,18,20). The van der Waals surface area contributed by atoms with Gasteiger partial charge < -0.3 is 9.88 Å². The lowest BCUT2D eigenvalue weighted by atomic mass is 10.2. The molecule has 1 aromatic heterocycles. The van der Waals surface area contributed by atoms with Crippen molar-refractivity contribution in [2.24, 2.45) is 0 Å². The Morgan fingerprint density at radius 1 is 1.40 bits per heavy atom. The lowest BCUT2D eigenvalue weighted by Gasteiger charge is -2.14. The summed E-state index contributed by atoms with van der Waals surface area (Å²) >= 11 is 3.13. The maximum Gasteiger partial charge on any atom is 0.272 e. The number of nitrogens with zero attached hydrogens (tertiary/aromatic N) is 1. The van der Waals surface area contributed by atoms with E-state index in [-0.39, 0.29) is 17.8 Å². The monoisotopic (exact) mass is 338 g/mol. The summed E-state index contributed by atoms with van der Waals surface area (Å²) in [6.45, 7) is 5.78. The number of benzene rings is 1. The van der Waals surface area contributed by atoms with Crippen LogP contribution in [-0.4, -0.2) is 10.5 Å². The Hall–Kier alpha value is -1.62. The SMILES string of the molecule is Cc1cc(F)c(Br)cc1NC(=O)c1cccn1C(C)C. The largest absolute Gasteiger partial charge is 0.341 e. The average molecular weight is 339 g/mol. The van der Waals surface area contributed by atoms with Crippen LogP contribution in [0.5, 0.6) is 0 Å². The number of amides is 1. The molecule has 20 heavy (non-hydrogen) atoms. The normalized spacial score (nSPS) is 10.9. The fourth-order valence-corrected chi connectivity index (χ4v) is 2.35. The van der Waals surface area contributed by atoms with Gasteiger partial charge in [-0.2, -0.15) is 0 Å². The Bertz CT molecular complexity index is 649. The van der Waals surface area contributed by atoms with Crippen molar-refractivity contribution >= 4 is 27.5 Å². The molecule has 0 aliphatic rings. The zero-order chi connectivity index (χ0) is 14.9. The zero-order valence-corrected chi connectivity index (χ0v) is 13.2. The van der Waals surface area contributed by atoms with E-state index in [0.29, 0.717) is 21.4 Å². The van der Waals surface area contributed by atoms with E-state index in [1.807, 2.05) is 30.7 Å². The summed E-state index contributed by atoms with van der Waals surface area (Å²) in [6, 6.07) is 6.77. The highest BCUT2D eigenvalue weighted by molar-refractivity contribution is 9.10. The predicted molar refractivity (Wildman–Crippen MR) is 81.6 cm³/mol. The van der Waals surface area contributed by atoms with Crippen molar-refractivity contribution in [1.82, 2.24) is 4.57 Å². The summed E-state index contributed by atoms with van der Waals surface area (Å²) in [5, 5.41) is 2.82. The van der Waals surface area contributed by atoms with Crippen molar-refractivity contribution in [2.45, 2.75) is 26.8 Å². The lowest BCUT2D eigenvalue weighted by molar-refractivity contribution is 0.101. The lowest BCUT2D eigenvalue weighted by Crippen LogP contribution is -2.18. The number of carbonyl (C=O) groups excluding carboxylic acids is 1. The molecule has 1 aromatic carbocycles. The summed E-state index contributed by atoms with van der Waals surface area (Å²) in [7, 11) is 0. The molecule has 0 unspecified atom stereocenters. The van der Waals surface area contributed by atoms with Crippen molar-refractivity contribution in [3.8, 4) is 0 Å². The molecule has 0 radical (unpaired) electrons. The summed E-state index contributed by atoms with van der Waals surface area (Å²) in [5.41, 5.74) is 1.86. The molecule has 1 N–H and O–H groups in total. The van der Waals surface area contributed by atoms with Gasteiger partial charge in [0.15, 0.2) is 0 Å². The van der Waals surface area contributed by atoms with Crippen LogP contribution >= 0.6 is 15.9 Å². The number of hydrogen-bond acceptors (Lipinski definition) is 1. The first-order chi connectivity index (χ1) is 9.40. The molecule has 0 atom stereocenters. The van der Waals surface area contributed by atoms with Crippen LogP contribution < -0.4 is 5.32 Å². The van der Waals surface area contributed by atoms with Gasteiger partial charge in [-0.05, 0) is 66.5 Å². The van der Waals surface area contributed by atoms with Gasteiger partial charge in [-0.3, -0.25) is 4.79 Å². The fourth-order valence-electron chi connectivity index (χ4n) is 2.00. The molecule has 0 saturated heterocycles. The van der Waals surface area contributed by atoms with Gasteiger partial charge >= 0.3 is 0 Å². The van der Waals surface area contributed by atoms with Crippen LogP contribution in [0.1, 0.15) is 35.9 Å². The molecule has 0 saturated carbocycles. The van der Waals surface area contributed by atoms with Crippen molar-refractivity contribution < 1.29 is 9.18 Å². The molecule has 1 amide bonds. The Labute approximate surface area is 125 Å². The van der Waals surface area contributed by atoms with Gasteiger partial charge in [0.2, 0.25) is 0 Å². The van der Waals surface area contributed by atoms with Crippen LogP contribution in [0.4, 0.5) is 10.1 Å². The van der Waals surface area contributed by atoms with Gasteiger partial charge in [0, 0.05) is 17.9 Å². The molecule has 1 heterocycles. The summed E-state index contributed by atoms with van der Waals surface area (Å²) in [5.74, 6) is -0.545. The number of anilines is 1. The zero-order valence-electron chi connectivity index (χ0n) is 11.6. The molecule has 0 spiro atoms. The molecule has 106 valence electrons. The van der Waals surface area contributed by atoms with E-state index in [9.17, 15) is 9.18 Å². The molecule has 2 aromatic rings. The molecule has 0 aliphatic carbocycles. The topological polar surface area (TPSA) is 34.0 Å². The third kappa shape index (κ3) is 2.93. The number of hydrogen-bond donors (Lipinski definition) is 1. The third-order valence-corrected chi connectivity index (χ3v) is 3.69. The van der Waals surface area contributed by atoms with E-state index >= 15 is 0 Å². The van der Waals surface area contributed by atoms with Gasteiger partial charge in [-0.1, -0.05) is 0 Å². The molecule has 3 nitrogen and oxygen atoms in total. The fraction of sp³-hybridized carbons (Fsp3) is 0.267. The van der Waals surface area contributed by atoms with Gasteiger partial charge in [-0.15, -0.1) is 0 Å². The van der Waals surface area contributed by atoms with Crippen LogP contribution in [0.2, 0.25) is 0 Å². The molecule has 0 aliphatic heterocycles. The molecule has 5 heteroatoms. The van der Waals surface area contributed by atoms with Crippen molar-refractivity contribution in [2.75, 3.05) is 5.32 Å². The summed E-state index contributed by atoms with van der Waals surface area (Å²) in [6.07, 6.45) is 1.87. The predicted octanol–water partition coefficient (Wildman–Crippen LogP) is 4.53. The van der Waals surface area contributed by atoms with Crippen LogP contribution in [0, 0.1) is 12.7 Å². The molecule has 2 rings (SSSR count). The first kappa shape index (κ1) is 14.8. The Morgan fingerprint density at radius 3 is 2.75 bits per heavy atom. The highest BCUT2D eigenvalue weighted by Crippen LogP contribution is 2.25. The van der Waals surface area contributed by atoms with Crippen LogP contribution in [0.3, 0.4) is 0 Å². The second-order valence-corrected chi connectivity index (χ2v) is 5.78. The van der Waals surface area contributed by atoms with Crippen molar-refractivity contribution in [3.05, 3.63) is 52.0 Å². The maximum absolute atomic E-state index is 13.4. The third-order valence-electron chi connectivity index (χ3n) is 3.08. The molecular formula is C15H16BrFN2O. The summed E-state index contributed by atoms with van der Waals surface area (Å²) < 4.78 is 15.6. The van der Waals surface area contributed by atoms with E-state index in [2.05, 4.69) is 21.2 Å². The molecule has 0 bridgehead atoms. The highest BCUT2D eigenvalue weighted by atomic mass is 79.9. The Morgan fingerprint density at radius 2 is 2.10 bits per heavy atom. The maximum atomic E-state index is 13.4. The van der Waals surface area contributed by atoms with E-state index in [0.717, 1.165) is 0 Å². The number of halogens is 2. The number of rotatable bonds is 3. The van der Waals surface area contributed by atoms with Crippen molar-refractivity contribution in [1.29, 1.82) is 0 Å². The molecule has 0 fully saturated rings.